The molecule has 1 aliphatic carbocycles. The summed E-state index contributed by atoms with van der Waals surface area (Å²) in [6, 6.07) is 14.9. The smallest absolute Gasteiger partial charge is 0.329 e. The third-order valence-electron chi connectivity index (χ3n) is 5.32. The van der Waals surface area contributed by atoms with Crippen LogP contribution in [0, 0.1) is 0 Å². The van der Waals surface area contributed by atoms with Gasteiger partial charge in [0.25, 0.3) is 5.56 Å². The lowest BCUT2D eigenvalue weighted by Crippen LogP contribution is -2.37. The van der Waals surface area contributed by atoms with Crippen LogP contribution in [0.4, 0.5) is 5.82 Å². The molecule has 2 aromatic carbocycles. The lowest BCUT2D eigenvalue weighted by atomic mass is 9.81. The third-order valence-corrected chi connectivity index (χ3v) is 5.81. The number of ketones is 1. The van der Waals surface area contributed by atoms with Gasteiger partial charge in [-0.3, -0.25) is 19.1 Å². The minimum Gasteiger partial charge on any atom is -0.340 e. The second kappa shape index (κ2) is 5.90. The number of carbonyl (C=O) groups excluding carboxylic acids is 1. The average molecular weight is 436 g/mol. The Kier molecular flexibility index (Phi) is 3.57. The molecular weight excluding hydrogens is 422 g/mol. The van der Waals surface area contributed by atoms with Crippen LogP contribution in [0.1, 0.15) is 33.0 Å². The maximum atomic E-state index is 13.3. The van der Waals surface area contributed by atoms with E-state index in [0.29, 0.717) is 28.2 Å². The summed E-state index contributed by atoms with van der Waals surface area (Å²) in [5, 5.41) is 3.20. The molecule has 1 aliphatic heterocycles. The minimum absolute atomic E-state index is 0.109. The molecule has 0 amide bonds. The van der Waals surface area contributed by atoms with E-state index in [4.69, 9.17) is 0 Å². The van der Waals surface area contributed by atoms with E-state index in [-0.39, 0.29) is 5.78 Å². The number of anilines is 1. The molecule has 2 N–H and O–H groups in total. The average Bonchev–Trinajstić information content (AvgIpc) is 2.97. The SMILES string of the molecule is Cn1c2c(c(=O)[nH]c1=O)[C@@H](c1cccc(Br)c1)C1=C(N2)c2ccccc2C1=O. The first-order valence-corrected chi connectivity index (χ1v) is 9.50. The Morgan fingerprint density at radius 2 is 1.75 bits per heavy atom. The molecule has 0 unspecified atom stereocenters. The highest BCUT2D eigenvalue weighted by Gasteiger charge is 2.42. The van der Waals surface area contributed by atoms with E-state index in [0.717, 1.165) is 15.6 Å². The van der Waals surface area contributed by atoms with Crippen LogP contribution in [0.2, 0.25) is 0 Å². The topological polar surface area (TPSA) is 84.0 Å². The molecule has 28 heavy (non-hydrogen) atoms. The van der Waals surface area contributed by atoms with Gasteiger partial charge in [0.1, 0.15) is 5.82 Å². The first kappa shape index (κ1) is 16.9. The second-order valence-electron chi connectivity index (χ2n) is 6.86. The lowest BCUT2D eigenvalue weighted by Gasteiger charge is -2.29. The van der Waals surface area contributed by atoms with Gasteiger partial charge in [0.15, 0.2) is 5.78 Å². The summed E-state index contributed by atoms with van der Waals surface area (Å²) in [5.41, 5.74) is 2.71. The van der Waals surface area contributed by atoms with Gasteiger partial charge in [-0.15, -0.1) is 0 Å². The normalized spacial score (nSPS) is 17.1. The molecule has 0 fully saturated rings. The number of nitrogens with zero attached hydrogens (tertiary/aromatic N) is 1. The number of rotatable bonds is 1. The van der Waals surface area contributed by atoms with E-state index >= 15 is 0 Å². The number of aromatic amines is 1. The molecule has 0 saturated carbocycles. The predicted octanol–water partition coefficient (Wildman–Crippen LogP) is 3.00. The number of benzene rings is 2. The monoisotopic (exact) mass is 435 g/mol. The van der Waals surface area contributed by atoms with Gasteiger partial charge in [0.05, 0.1) is 11.3 Å². The van der Waals surface area contributed by atoms with E-state index in [9.17, 15) is 14.4 Å². The summed E-state index contributed by atoms with van der Waals surface area (Å²) >= 11 is 3.47. The number of nitrogens with one attached hydrogen (secondary N) is 2. The van der Waals surface area contributed by atoms with Gasteiger partial charge < -0.3 is 5.32 Å². The number of hydrogen-bond acceptors (Lipinski definition) is 4. The standard InChI is InChI=1S/C21H14BrN3O3/c1-25-19-16(20(27)24-21(25)28)14(10-5-4-6-11(22)9-10)15-17(23-19)12-7-2-3-8-13(12)18(15)26/h2-9,14,23H,1H3,(H,24,27,28)/t14-/m0/s1. The number of hydrogen-bond donors (Lipinski definition) is 2. The van der Waals surface area contributed by atoms with E-state index in [1.165, 1.54) is 4.57 Å². The van der Waals surface area contributed by atoms with Gasteiger partial charge in [-0.2, -0.15) is 0 Å². The first-order chi connectivity index (χ1) is 13.5. The number of halogens is 1. The fraction of sp³-hybridized carbons (Fsp3) is 0.0952. The summed E-state index contributed by atoms with van der Waals surface area (Å²) in [6.45, 7) is 0. The number of carbonyl (C=O) groups is 1. The highest BCUT2D eigenvalue weighted by atomic mass is 79.9. The molecule has 2 aliphatic rings. The third kappa shape index (κ3) is 2.23. The molecule has 0 bridgehead atoms. The summed E-state index contributed by atoms with van der Waals surface area (Å²) in [5.74, 6) is -0.289. The van der Waals surface area contributed by atoms with Crippen LogP contribution < -0.4 is 16.6 Å². The molecule has 0 radical (unpaired) electrons. The molecule has 3 aromatic rings. The minimum atomic E-state index is -0.584. The summed E-state index contributed by atoms with van der Waals surface area (Å²) in [6.07, 6.45) is 0. The van der Waals surface area contributed by atoms with E-state index < -0.39 is 17.2 Å². The number of H-pyrrole nitrogens is 1. The summed E-state index contributed by atoms with van der Waals surface area (Å²) in [7, 11) is 1.59. The Hall–Kier alpha value is -3.19. The van der Waals surface area contributed by atoms with Gasteiger partial charge >= 0.3 is 5.69 Å². The van der Waals surface area contributed by atoms with E-state index in [2.05, 4.69) is 26.2 Å². The zero-order valence-electron chi connectivity index (χ0n) is 14.7. The van der Waals surface area contributed by atoms with Crippen molar-refractivity contribution in [3.05, 3.63) is 102 Å². The van der Waals surface area contributed by atoms with Crippen molar-refractivity contribution < 1.29 is 4.79 Å². The van der Waals surface area contributed by atoms with E-state index in [1.54, 1.807) is 13.1 Å². The van der Waals surface area contributed by atoms with Crippen LogP contribution >= 0.6 is 15.9 Å². The van der Waals surface area contributed by atoms with Gasteiger partial charge in [-0.05, 0) is 17.7 Å². The Morgan fingerprint density at radius 3 is 2.50 bits per heavy atom. The van der Waals surface area contributed by atoms with Crippen molar-refractivity contribution >= 4 is 33.2 Å². The molecule has 6 nitrogen and oxygen atoms in total. The van der Waals surface area contributed by atoms with Crippen LogP contribution in [-0.2, 0) is 7.05 Å². The summed E-state index contributed by atoms with van der Waals surface area (Å²) < 4.78 is 2.22. The molecule has 1 atom stereocenters. The Labute approximate surface area is 167 Å². The largest absolute Gasteiger partial charge is 0.340 e. The van der Waals surface area contributed by atoms with Crippen LogP contribution in [0.3, 0.4) is 0 Å². The zero-order chi connectivity index (χ0) is 19.6. The zero-order valence-corrected chi connectivity index (χ0v) is 16.3. The van der Waals surface area contributed by atoms with Gasteiger partial charge in [-0.1, -0.05) is 52.3 Å². The van der Waals surface area contributed by atoms with Gasteiger partial charge in [-0.25, -0.2) is 4.79 Å². The Bertz CT molecular complexity index is 1330. The van der Waals surface area contributed by atoms with Gasteiger partial charge in [0, 0.05) is 34.1 Å². The summed E-state index contributed by atoms with van der Waals surface area (Å²) in [4.78, 5) is 40.7. The molecule has 138 valence electrons. The number of fused-ring (bicyclic) bond motifs is 3. The van der Waals surface area contributed by atoms with Crippen LogP contribution in [-0.4, -0.2) is 15.3 Å². The second-order valence-corrected chi connectivity index (χ2v) is 7.77. The first-order valence-electron chi connectivity index (χ1n) is 8.71. The molecule has 1 aromatic heterocycles. The van der Waals surface area contributed by atoms with Crippen LogP contribution in [0.25, 0.3) is 5.70 Å². The van der Waals surface area contributed by atoms with Crippen molar-refractivity contribution in [2.45, 2.75) is 5.92 Å². The van der Waals surface area contributed by atoms with Gasteiger partial charge in [0.2, 0.25) is 0 Å². The van der Waals surface area contributed by atoms with Crippen molar-refractivity contribution in [2.24, 2.45) is 7.05 Å². The Balaban J connectivity index is 1.88. The van der Waals surface area contributed by atoms with Crippen molar-refractivity contribution in [1.82, 2.24) is 9.55 Å². The number of Topliss-reactive ketones (excluding diaryl/α,β-unsaturated/α-hetero) is 1. The lowest BCUT2D eigenvalue weighted by molar-refractivity contribution is 0.103. The van der Waals surface area contributed by atoms with Crippen molar-refractivity contribution in [1.29, 1.82) is 0 Å². The molecular formula is C21H14BrN3O3. The van der Waals surface area contributed by atoms with Crippen molar-refractivity contribution in [3.8, 4) is 0 Å². The highest BCUT2D eigenvalue weighted by Crippen LogP contribution is 2.47. The number of allylic oxidation sites excluding steroid dienone is 1. The predicted molar refractivity (Wildman–Crippen MR) is 110 cm³/mol. The maximum Gasteiger partial charge on any atom is 0.329 e. The Morgan fingerprint density at radius 1 is 1.00 bits per heavy atom. The highest BCUT2D eigenvalue weighted by molar-refractivity contribution is 9.10. The number of aromatic nitrogens is 2. The fourth-order valence-electron chi connectivity index (χ4n) is 4.05. The molecule has 2 heterocycles. The van der Waals surface area contributed by atoms with Crippen LogP contribution in [0.15, 0.2) is 68.2 Å². The molecule has 5 rings (SSSR count). The molecule has 0 spiro atoms. The van der Waals surface area contributed by atoms with E-state index in [1.807, 2.05) is 42.5 Å². The van der Waals surface area contributed by atoms with Crippen LogP contribution in [0.5, 0.6) is 0 Å². The molecule has 7 heteroatoms. The maximum absolute atomic E-state index is 13.3. The van der Waals surface area contributed by atoms with Crippen molar-refractivity contribution in [2.75, 3.05) is 5.32 Å². The quantitative estimate of drug-likeness (QED) is 0.615. The fourth-order valence-corrected chi connectivity index (χ4v) is 4.47. The van der Waals surface area contributed by atoms with Crippen molar-refractivity contribution in [3.63, 3.8) is 0 Å². The molecule has 0 saturated heterocycles.